The van der Waals surface area contributed by atoms with Crippen LogP contribution in [0.1, 0.15) is 18.4 Å². The Hall–Kier alpha value is -2.36. The molecule has 2 heterocycles. The molecule has 0 saturated heterocycles. The van der Waals surface area contributed by atoms with Gasteiger partial charge in [-0.1, -0.05) is 43.3 Å². The smallest absolute Gasteiger partial charge is 0.243 e. The van der Waals surface area contributed by atoms with Crippen LogP contribution in [-0.2, 0) is 0 Å². The van der Waals surface area contributed by atoms with Crippen LogP contribution in [0.3, 0.4) is 0 Å². The summed E-state index contributed by atoms with van der Waals surface area (Å²) in [5.41, 5.74) is 2.18. The number of pyridine rings is 1. The van der Waals surface area contributed by atoms with Crippen molar-refractivity contribution >= 4 is 11.6 Å². The number of nitrogens with one attached hydrogen (secondary N) is 1. The Bertz CT molecular complexity index is 627. The normalized spacial score (nSPS) is 12.5. The van der Waals surface area contributed by atoms with Gasteiger partial charge in [0.25, 0.3) is 0 Å². The summed E-state index contributed by atoms with van der Waals surface area (Å²) in [6.45, 7) is 3.01. The van der Waals surface area contributed by atoms with E-state index >= 15 is 0 Å². The predicted molar refractivity (Wildman–Crippen MR) is 76.3 cm³/mol. The van der Waals surface area contributed by atoms with Gasteiger partial charge in [-0.2, -0.15) is 4.98 Å². The van der Waals surface area contributed by atoms with Crippen LogP contribution in [-0.4, -0.2) is 21.1 Å². The van der Waals surface area contributed by atoms with Crippen LogP contribution in [0, 0.1) is 0 Å². The van der Waals surface area contributed by atoms with Crippen LogP contribution < -0.4 is 5.32 Å². The number of nitrogens with zero attached hydrogens (tertiary/aromatic N) is 3. The highest BCUT2D eigenvalue weighted by atomic mass is 15.3. The molecule has 2 aromatic heterocycles. The molecule has 1 N–H and O–H groups in total. The van der Waals surface area contributed by atoms with Crippen molar-refractivity contribution < 1.29 is 0 Å². The number of aromatic nitrogens is 3. The number of benzene rings is 1. The van der Waals surface area contributed by atoms with E-state index in [1.807, 2.05) is 30.5 Å². The second kappa shape index (κ2) is 5.10. The fourth-order valence-electron chi connectivity index (χ4n) is 2.05. The summed E-state index contributed by atoms with van der Waals surface area (Å²) in [7, 11) is 0. The second-order valence-electron chi connectivity index (χ2n) is 4.63. The van der Waals surface area contributed by atoms with E-state index in [4.69, 9.17) is 0 Å². The van der Waals surface area contributed by atoms with Gasteiger partial charge in [-0.15, -0.1) is 5.10 Å². The molecular weight excluding hydrogens is 236 g/mol. The summed E-state index contributed by atoms with van der Waals surface area (Å²) in [6, 6.07) is 16.3. The number of hydrogen-bond donors (Lipinski definition) is 1. The van der Waals surface area contributed by atoms with Crippen LogP contribution in [0.15, 0.2) is 54.7 Å². The van der Waals surface area contributed by atoms with Crippen molar-refractivity contribution in [3.8, 4) is 0 Å². The summed E-state index contributed by atoms with van der Waals surface area (Å²) in [5, 5.41) is 7.66. The van der Waals surface area contributed by atoms with Gasteiger partial charge in [-0.25, -0.2) is 4.52 Å². The topological polar surface area (TPSA) is 42.2 Å². The molecule has 0 aliphatic heterocycles. The van der Waals surface area contributed by atoms with Crippen LogP contribution in [0.4, 0.5) is 5.95 Å². The van der Waals surface area contributed by atoms with Crippen LogP contribution in [0.2, 0.25) is 0 Å². The quantitative estimate of drug-likeness (QED) is 0.776. The van der Waals surface area contributed by atoms with E-state index in [1.165, 1.54) is 5.56 Å². The van der Waals surface area contributed by atoms with E-state index in [0.29, 0.717) is 11.9 Å². The minimum atomic E-state index is 0.424. The van der Waals surface area contributed by atoms with Gasteiger partial charge in [-0.05, 0) is 23.6 Å². The predicted octanol–water partition coefficient (Wildman–Crippen LogP) is 2.94. The molecule has 0 amide bonds. The minimum absolute atomic E-state index is 0.424. The van der Waals surface area contributed by atoms with Crippen LogP contribution in [0.25, 0.3) is 5.65 Å². The zero-order valence-corrected chi connectivity index (χ0v) is 10.8. The summed E-state index contributed by atoms with van der Waals surface area (Å²) in [4.78, 5) is 4.42. The Morgan fingerprint density at radius 2 is 1.89 bits per heavy atom. The van der Waals surface area contributed by atoms with Crippen LogP contribution in [0.5, 0.6) is 0 Å². The van der Waals surface area contributed by atoms with Crippen LogP contribution >= 0.6 is 0 Å². The van der Waals surface area contributed by atoms with Crippen molar-refractivity contribution in [3.05, 3.63) is 60.3 Å². The first kappa shape index (κ1) is 11.7. The van der Waals surface area contributed by atoms with Gasteiger partial charge in [0.15, 0.2) is 5.65 Å². The first-order chi connectivity index (χ1) is 9.33. The second-order valence-corrected chi connectivity index (χ2v) is 4.63. The zero-order valence-electron chi connectivity index (χ0n) is 10.8. The lowest BCUT2D eigenvalue weighted by atomic mass is 10.0. The van der Waals surface area contributed by atoms with Crippen molar-refractivity contribution in [2.24, 2.45) is 0 Å². The summed E-state index contributed by atoms with van der Waals surface area (Å²) in [6.07, 6.45) is 1.90. The molecule has 0 aliphatic rings. The Kier molecular flexibility index (Phi) is 3.14. The monoisotopic (exact) mass is 252 g/mol. The van der Waals surface area contributed by atoms with Gasteiger partial charge in [0.05, 0.1) is 0 Å². The molecule has 0 spiro atoms. The zero-order chi connectivity index (χ0) is 13.1. The molecule has 3 rings (SSSR count). The van der Waals surface area contributed by atoms with Gasteiger partial charge < -0.3 is 5.32 Å². The third-order valence-corrected chi connectivity index (χ3v) is 3.18. The molecule has 3 aromatic rings. The van der Waals surface area contributed by atoms with Crippen molar-refractivity contribution in [3.63, 3.8) is 0 Å². The highest BCUT2D eigenvalue weighted by Gasteiger charge is 2.07. The number of rotatable bonds is 4. The molecule has 1 aromatic carbocycles. The lowest BCUT2D eigenvalue weighted by Gasteiger charge is -2.11. The molecule has 0 fully saturated rings. The van der Waals surface area contributed by atoms with E-state index in [1.54, 1.807) is 4.52 Å². The van der Waals surface area contributed by atoms with Gasteiger partial charge in [0.1, 0.15) is 0 Å². The molecule has 0 aliphatic carbocycles. The maximum Gasteiger partial charge on any atom is 0.243 e. The molecular formula is C15H16N4. The van der Waals surface area contributed by atoms with Crippen molar-refractivity contribution in [1.29, 1.82) is 0 Å². The Balaban J connectivity index is 1.69. The fraction of sp³-hybridized carbons (Fsp3) is 0.200. The Morgan fingerprint density at radius 1 is 1.11 bits per heavy atom. The molecule has 1 atom stereocenters. The number of fused-ring (bicyclic) bond motifs is 1. The maximum atomic E-state index is 4.42. The van der Waals surface area contributed by atoms with E-state index < -0.39 is 0 Å². The fourth-order valence-corrected chi connectivity index (χ4v) is 2.05. The first-order valence-corrected chi connectivity index (χ1v) is 6.43. The molecule has 4 nitrogen and oxygen atoms in total. The molecule has 0 radical (unpaired) electrons. The molecule has 1 unspecified atom stereocenters. The molecule has 4 heteroatoms. The molecule has 19 heavy (non-hydrogen) atoms. The van der Waals surface area contributed by atoms with E-state index in [-0.39, 0.29) is 0 Å². The highest BCUT2D eigenvalue weighted by Crippen LogP contribution is 2.15. The minimum Gasteiger partial charge on any atom is -0.352 e. The summed E-state index contributed by atoms with van der Waals surface area (Å²) in [5.74, 6) is 1.10. The first-order valence-electron chi connectivity index (χ1n) is 6.43. The van der Waals surface area contributed by atoms with E-state index in [0.717, 1.165) is 12.2 Å². The van der Waals surface area contributed by atoms with Crippen molar-refractivity contribution in [2.75, 3.05) is 11.9 Å². The third-order valence-electron chi connectivity index (χ3n) is 3.18. The van der Waals surface area contributed by atoms with E-state index in [2.05, 4.69) is 46.6 Å². The number of hydrogen-bond acceptors (Lipinski definition) is 3. The average Bonchev–Trinajstić information content (AvgIpc) is 2.88. The standard InChI is InChI=1S/C15H16N4/c1-12(13-7-3-2-4-8-13)11-16-15-17-14-9-5-6-10-19(14)18-15/h2-10,12H,11H2,1H3,(H,16,18). The summed E-state index contributed by atoms with van der Waals surface area (Å²) < 4.78 is 1.77. The maximum absolute atomic E-state index is 4.42. The Morgan fingerprint density at radius 3 is 2.68 bits per heavy atom. The SMILES string of the molecule is CC(CNc1nc2ccccn2n1)c1ccccc1. The van der Waals surface area contributed by atoms with Gasteiger partial charge >= 0.3 is 0 Å². The van der Waals surface area contributed by atoms with Crippen molar-refractivity contribution in [2.45, 2.75) is 12.8 Å². The molecule has 96 valence electrons. The highest BCUT2D eigenvalue weighted by molar-refractivity contribution is 5.43. The third kappa shape index (κ3) is 2.57. The lowest BCUT2D eigenvalue weighted by Crippen LogP contribution is -2.10. The Labute approximate surface area is 112 Å². The number of anilines is 1. The van der Waals surface area contributed by atoms with Crippen molar-refractivity contribution in [1.82, 2.24) is 14.6 Å². The van der Waals surface area contributed by atoms with E-state index in [9.17, 15) is 0 Å². The van der Waals surface area contributed by atoms with Gasteiger partial charge in [0, 0.05) is 12.7 Å². The summed E-state index contributed by atoms with van der Waals surface area (Å²) >= 11 is 0. The molecule has 0 saturated carbocycles. The lowest BCUT2D eigenvalue weighted by molar-refractivity contribution is 0.795. The van der Waals surface area contributed by atoms with Gasteiger partial charge in [-0.3, -0.25) is 0 Å². The molecule has 0 bridgehead atoms. The largest absolute Gasteiger partial charge is 0.352 e. The average molecular weight is 252 g/mol. The van der Waals surface area contributed by atoms with Gasteiger partial charge in [0.2, 0.25) is 5.95 Å².